The second kappa shape index (κ2) is 7.51. The highest BCUT2D eigenvalue weighted by molar-refractivity contribution is 5.22. The number of rotatable bonds is 4. The molecule has 23 heavy (non-hydrogen) atoms. The van der Waals surface area contributed by atoms with Crippen molar-refractivity contribution in [3.8, 4) is 0 Å². The minimum atomic E-state index is -1.53. The summed E-state index contributed by atoms with van der Waals surface area (Å²) in [5, 5.41) is 71.6. The van der Waals surface area contributed by atoms with Gasteiger partial charge in [-0.2, -0.15) is 0 Å². The quantitative estimate of drug-likeness (QED) is 0.241. The van der Waals surface area contributed by atoms with E-state index in [1.165, 1.54) is 6.08 Å². The third-order valence-corrected chi connectivity index (χ3v) is 4.51. The van der Waals surface area contributed by atoms with E-state index >= 15 is 0 Å². The molecular weight excluding hydrogens is 310 g/mol. The number of hydrogen-bond donors (Lipinski definition) is 8. The normalized spacial score (nSPS) is 48.2. The van der Waals surface area contributed by atoms with Crippen molar-refractivity contribution in [3.05, 3.63) is 11.6 Å². The van der Waals surface area contributed by atoms with Gasteiger partial charge in [0.1, 0.15) is 24.4 Å². The third kappa shape index (κ3) is 3.58. The maximum atomic E-state index is 10.3. The zero-order valence-corrected chi connectivity index (χ0v) is 12.7. The van der Waals surface area contributed by atoms with E-state index in [4.69, 9.17) is 4.74 Å². The van der Waals surface area contributed by atoms with Gasteiger partial charge in [0.15, 0.2) is 6.29 Å². The van der Waals surface area contributed by atoms with Crippen molar-refractivity contribution >= 4 is 0 Å². The highest BCUT2D eigenvalue weighted by Crippen LogP contribution is 2.25. The summed E-state index contributed by atoms with van der Waals surface area (Å²) in [7, 11) is 0. The van der Waals surface area contributed by atoms with Crippen molar-refractivity contribution in [2.24, 2.45) is 0 Å². The molecule has 0 aromatic heterocycles. The zero-order valence-electron chi connectivity index (χ0n) is 12.7. The van der Waals surface area contributed by atoms with Crippen LogP contribution in [0.2, 0.25) is 0 Å². The van der Waals surface area contributed by atoms with Crippen molar-refractivity contribution in [2.75, 3.05) is 6.61 Å². The average molecular weight is 335 g/mol. The number of aliphatic hydroxyl groups is 7. The van der Waals surface area contributed by atoms with Crippen LogP contribution in [-0.2, 0) is 4.74 Å². The Hall–Kier alpha value is -0.620. The lowest BCUT2D eigenvalue weighted by molar-refractivity contribution is -0.258. The van der Waals surface area contributed by atoms with Crippen LogP contribution in [0.15, 0.2) is 11.6 Å². The van der Waals surface area contributed by atoms with Crippen LogP contribution in [0.4, 0.5) is 0 Å². The highest BCUT2D eigenvalue weighted by Gasteiger charge is 2.46. The van der Waals surface area contributed by atoms with Gasteiger partial charge in [-0.05, 0) is 12.0 Å². The molecular formula is C14H25NO8. The van der Waals surface area contributed by atoms with Gasteiger partial charge < -0.3 is 45.8 Å². The molecule has 9 heteroatoms. The van der Waals surface area contributed by atoms with Crippen molar-refractivity contribution in [3.63, 3.8) is 0 Å². The first-order valence-electron chi connectivity index (χ1n) is 7.63. The summed E-state index contributed by atoms with van der Waals surface area (Å²) in [6.07, 6.45) is -7.41. The number of nitrogens with one attached hydrogen (secondary N) is 1. The Morgan fingerprint density at radius 2 is 1.65 bits per heavy atom. The van der Waals surface area contributed by atoms with Gasteiger partial charge in [0.2, 0.25) is 0 Å². The second-order valence-corrected chi connectivity index (χ2v) is 6.00. The van der Waals surface area contributed by atoms with Crippen molar-refractivity contribution in [1.82, 2.24) is 5.32 Å². The standard InChI is InChI=1S/C14H25NO8/c1-2-7-11(19)8(12(20)14(22)23-7)15-6-3-5(4-16)9(17)13(21)10(6)18/h3,6-22H,2,4H2,1H3. The molecule has 0 spiro atoms. The Labute approximate surface area is 133 Å². The molecule has 9 atom stereocenters. The molecule has 9 nitrogen and oxygen atoms in total. The summed E-state index contributed by atoms with van der Waals surface area (Å²) in [6, 6.07) is -1.96. The number of aliphatic hydroxyl groups excluding tert-OH is 7. The topological polar surface area (TPSA) is 163 Å². The van der Waals surface area contributed by atoms with E-state index in [1.807, 2.05) is 0 Å². The molecule has 0 radical (unpaired) electrons. The molecule has 0 aromatic rings. The molecule has 1 fully saturated rings. The number of ether oxygens (including phenoxy) is 1. The Morgan fingerprint density at radius 1 is 1.00 bits per heavy atom. The summed E-state index contributed by atoms with van der Waals surface area (Å²) < 4.78 is 5.09. The molecule has 0 amide bonds. The van der Waals surface area contributed by atoms with Gasteiger partial charge in [-0.25, -0.2) is 0 Å². The minimum Gasteiger partial charge on any atom is -0.392 e. The fourth-order valence-electron chi connectivity index (χ4n) is 3.05. The van der Waals surface area contributed by atoms with Gasteiger partial charge in [-0.15, -0.1) is 0 Å². The summed E-state index contributed by atoms with van der Waals surface area (Å²) in [4.78, 5) is 0. The van der Waals surface area contributed by atoms with Gasteiger partial charge in [-0.1, -0.05) is 13.0 Å². The van der Waals surface area contributed by atoms with Crippen LogP contribution >= 0.6 is 0 Å². The Kier molecular flexibility index (Phi) is 6.11. The molecule has 1 aliphatic heterocycles. The molecule has 0 saturated carbocycles. The van der Waals surface area contributed by atoms with E-state index in [0.29, 0.717) is 6.42 Å². The molecule has 1 aliphatic carbocycles. The summed E-state index contributed by atoms with van der Waals surface area (Å²) >= 11 is 0. The van der Waals surface area contributed by atoms with Crippen LogP contribution in [0.5, 0.6) is 0 Å². The predicted molar refractivity (Wildman–Crippen MR) is 77.1 cm³/mol. The predicted octanol–water partition coefficient (Wildman–Crippen LogP) is -3.82. The van der Waals surface area contributed by atoms with Crippen LogP contribution < -0.4 is 5.32 Å². The summed E-state index contributed by atoms with van der Waals surface area (Å²) in [5.74, 6) is 0. The maximum Gasteiger partial charge on any atom is 0.182 e. The summed E-state index contributed by atoms with van der Waals surface area (Å²) in [5.41, 5.74) is 0.115. The van der Waals surface area contributed by atoms with Gasteiger partial charge in [0.05, 0.1) is 30.9 Å². The maximum absolute atomic E-state index is 10.3. The molecule has 2 aliphatic rings. The fraction of sp³-hybridized carbons (Fsp3) is 0.857. The molecule has 134 valence electrons. The zero-order chi connectivity index (χ0) is 17.3. The minimum absolute atomic E-state index is 0.115. The molecule has 0 bridgehead atoms. The van der Waals surface area contributed by atoms with Crippen LogP contribution in [0, 0.1) is 0 Å². The fourth-order valence-corrected chi connectivity index (χ4v) is 3.05. The van der Waals surface area contributed by atoms with E-state index in [2.05, 4.69) is 5.32 Å². The monoisotopic (exact) mass is 335 g/mol. The van der Waals surface area contributed by atoms with Crippen molar-refractivity contribution in [1.29, 1.82) is 0 Å². The highest BCUT2D eigenvalue weighted by atomic mass is 16.6. The lowest BCUT2D eigenvalue weighted by Crippen LogP contribution is -2.67. The molecule has 1 saturated heterocycles. The first kappa shape index (κ1) is 18.7. The Bertz CT molecular complexity index is 433. The van der Waals surface area contributed by atoms with Gasteiger partial charge in [0.25, 0.3) is 0 Å². The SMILES string of the molecule is CCC1OC(O)C(O)C(NC2C=C(CO)C(O)C(O)C2O)C1O. The Morgan fingerprint density at radius 3 is 2.22 bits per heavy atom. The largest absolute Gasteiger partial charge is 0.392 e. The average Bonchev–Trinajstić information content (AvgIpc) is 2.54. The molecule has 8 N–H and O–H groups in total. The molecule has 0 aromatic carbocycles. The van der Waals surface area contributed by atoms with E-state index in [0.717, 1.165) is 0 Å². The van der Waals surface area contributed by atoms with E-state index < -0.39 is 61.6 Å². The van der Waals surface area contributed by atoms with Crippen LogP contribution in [0.1, 0.15) is 13.3 Å². The molecule has 2 rings (SSSR count). The second-order valence-electron chi connectivity index (χ2n) is 6.00. The lowest BCUT2D eigenvalue weighted by Gasteiger charge is -2.44. The van der Waals surface area contributed by atoms with Crippen molar-refractivity contribution in [2.45, 2.75) is 68.3 Å². The molecule has 9 unspecified atom stereocenters. The van der Waals surface area contributed by atoms with Gasteiger partial charge in [0, 0.05) is 0 Å². The van der Waals surface area contributed by atoms with Crippen molar-refractivity contribution < 1.29 is 40.5 Å². The Balaban J connectivity index is 2.19. The lowest BCUT2D eigenvalue weighted by atomic mass is 9.86. The van der Waals surface area contributed by atoms with Crippen LogP contribution in [-0.4, -0.2) is 97.4 Å². The van der Waals surface area contributed by atoms with Gasteiger partial charge in [-0.3, -0.25) is 0 Å². The molecule has 1 heterocycles. The first-order chi connectivity index (χ1) is 10.8. The van der Waals surface area contributed by atoms with Crippen LogP contribution in [0.3, 0.4) is 0 Å². The van der Waals surface area contributed by atoms with Crippen LogP contribution in [0.25, 0.3) is 0 Å². The van der Waals surface area contributed by atoms with E-state index in [9.17, 15) is 35.7 Å². The first-order valence-corrected chi connectivity index (χ1v) is 7.63. The van der Waals surface area contributed by atoms with E-state index in [1.54, 1.807) is 6.92 Å². The van der Waals surface area contributed by atoms with E-state index in [-0.39, 0.29) is 5.57 Å². The third-order valence-electron chi connectivity index (χ3n) is 4.51. The smallest absolute Gasteiger partial charge is 0.182 e. The number of hydrogen-bond acceptors (Lipinski definition) is 9. The summed E-state index contributed by atoms with van der Waals surface area (Å²) in [6.45, 7) is 1.23. The van der Waals surface area contributed by atoms with Gasteiger partial charge >= 0.3 is 0 Å².